The van der Waals surface area contributed by atoms with Gasteiger partial charge in [0.05, 0.1) is 5.69 Å². The molecule has 0 spiro atoms. The second-order valence-corrected chi connectivity index (χ2v) is 9.65. The molecule has 7 heteroatoms. The van der Waals surface area contributed by atoms with Crippen LogP contribution in [0, 0.1) is 5.82 Å². The molecule has 0 saturated carbocycles. The van der Waals surface area contributed by atoms with E-state index in [0.717, 1.165) is 63.3 Å². The Hall–Kier alpha value is -3.03. The van der Waals surface area contributed by atoms with Crippen LogP contribution in [0.4, 0.5) is 4.39 Å². The van der Waals surface area contributed by atoms with E-state index in [4.69, 9.17) is 4.98 Å². The molecule has 5 heterocycles. The van der Waals surface area contributed by atoms with Crippen molar-refractivity contribution in [2.75, 3.05) is 19.6 Å². The van der Waals surface area contributed by atoms with Gasteiger partial charge in [-0.15, -0.1) is 11.3 Å². The van der Waals surface area contributed by atoms with Gasteiger partial charge in [-0.3, -0.25) is 0 Å². The molecule has 4 aromatic heterocycles. The minimum atomic E-state index is -0.214. The SMILES string of the molecule is Fc1ccc2c(c1)c(-c1nc(-c3c[nH]c4ncccc34)cs1)cn2CCCN1CCCCC1. The van der Waals surface area contributed by atoms with Gasteiger partial charge in [-0.2, -0.15) is 0 Å². The van der Waals surface area contributed by atoms with Gasteiger partial charge in [-0.05, 0) is 69.2 Å². The summed E-state index contributed by atoms with van der Waals surface area (Å²) >= 11 is 1.60. The van der Waals surface area contributed by atoms with Crippen molar-refractivity contribution in [3.8, 4) is 21.8 Å². The van der Waals surface area contributed by atoms with E-state index >= 15 is 0 Å². The summed E-state index contributed by atoms with van der Waals surface area (Å²) in [5, 5.41) is 4.97. The van der Waals surface area contributed by atoms with Crippen LogP contribution in [0.25, 0.3) is 43.8 Å². The van der Waals surface area contributed by atoms with E-state index < -0.39 is 0 Å². The quantitative estimate of drug-likeness (QED) is 0.323. The first kappa shape index (κ1) is 20.6. The second-order valence-electron chi connectivity index (χ2n) is 8.79. The summed E-state index contributed by atoms with van der Waals surface area (Å²) in [7, 11) is 0. The summed E-state index contributed by atoms with van der Waals surface area (Å²) in [6, 6.07) is 9.08. The van der Waals surface area contributed by atoms with Crippen LogP contribution < -0.4 is 0 Å². The first-order valence-corrected chi connectivity index (χ1v) is 12.5. The molecule has 0 atom stereocenters. The maximum absolute atomic E-state index is 14.2. The number of fused-ring (bicyclic) bond motifs is 2. The van der Waals surface area contributed by atoms with Crippen LogP contribution >= 0.6 is 11.3 Å². The van der Waals surface area contributed by atoms with E-state index in [1.807, 2.05) is 18.3 Å². The van der Waals surface area contributed by atoms with Crippen molar-refractivity contribution in [1.82, 2.24) is 24.4 Å². The number of rotatable bonds is 6. The Kier molecular flexibility index (Phi) is 5.44. The van der Waals surface area contributed by atoms with E-state index in [9.17, 15) is 4.39 Å². The summed E-state index contributed by atoms with van der Waals surface area (Å²) in [4.78, 5) is 15.1. The lowest BCUT2D eigenvalue weighted by Gasteiger charge is -2.26. The summed E-state index contributed by atoms with van der Waals surface area (Å²) in [6.07, 6.45) is 11.0. The number of aromatic amines is 1. The Morgan fingerprint density at radius 3 is 2.85 bits per heavy atom. The van der Waals surface area contributed by atoms with Crippen LogP contribution in [0.5, 0.6) is 0 Å². The van der Waals surface area contributed by atoms with E-state index in [1.165, 1.54) is 32.4 Å². The van der Waals surface area contributed by atoms with Crippen molar-refractivity contribution < 1.29 is 4.39 Å². The number of piperidine rings is 1. The number of nitrogens with zero attached hydrogens (tertiary/aromatic N) is 4. The fraction of sp³-hybridized carbons (Fsp3) is 0.308. The van der Waals surface area contributed by atoms with E-state index in [0.29, 0.717) is 0 Å². The average molecular weight is 460 g/mol. The number of hydrogen-bond donors (Lipinski definition) is 1. The molecule has 0 bridgehead atoms. The summed E-state index contributed by atoms with van der Waals surface area (Å²) in [5.74, 6) is -0.214. The molecule has 1 saturated heterocycles. The first-order valence-electron chi connectivity index (χ1n) is 11.7. The fourth-order valence-corrected chi connectivity index (χ4v) is 5.81. The molecule has 168 valence electrons. The third-order valence-corrected chi connectivity index (χ3v) is 7.50. The van der Waals surface area contributed by atoms with Crippen molar-refractivity contribution >= 4 is 33.3 Å². The van der Waals surface area contributed by atoms with Gasteiger partial charge in [-0.1, -0.05) is 6.42 Å². The third-order valence-electron chi connectivity index (χ3n) is 6.63. The molecule has 33 heavy (non-hydrogen) atoms. The number of aromatic nitrogens is 4. The summed E-state index contributed by atoms with van der Waals surface area (Å²) < 4.78 is 16.5. The molecule has 1 aromatic carbocycles. The van der Waals surface area contributed by atoms with Gasteiger partial charge in [0.25, 0.3) is 0 Å². The lowest BCUT2D eigenvalue weighted by molar-refractivity contribution is 0.223. The maximum Gasteiger partial charge on any atom is 0.137 e. The van der Waals surface area contributed by atoms with Crippen LogP contribution in [-0.2, 0) is 6.54 Å². The minimum Gasteiger partial charge on any atom is -0.347 e. The molecule has 5 nitrogen and oxygen atoms in total. The van der Waals surface area contributed by atoms with Gasteiger partial charge in [0, 0.05) is 57.9 Å². The highest BCUT2D eigenvalue weighted by molar-refractivity contribution is 7.13. The second kappa shape index (κ2) is 8.72. The normalized spacial score (nSPS) is 15.1. The molecule has 0 radical (unpaired) electrons. The van der Waals surface area contributed by atoms with Gasteiger partial charge in [-0.25, -0.2) is 14.4 Å². The predicted molar refractivity (Wildman–Crippen MR) is 133 cm³/mol. The Bertz CT molecular complexity index is 1410. The van der Waals surface area contributed by atoms with E-state index in [1.54, 1.807) is 29.7 Å². The molecule has 6 rings (SSSR count). The molecule has 0 aliphatic carbocycles. The molecule has 0 unspecified atom stereocenters. The van der Waals surface area contributed by atoms with Crippen molar-refractivity contribution in [3.63, 3.8) is 0 Å². The number of benzene rings is 1. The van der Waals surface area contributed by atoms with Crippen molar-refractivity contribution in [1.29, 1.82) is 0 Å². The highest BCUT2D eigenvalue weighted by Crippen LogP contribution is 2.37. The Balaban J connectivity index is 1.31. The standard InChI is InChI=1S/C26H26FN5S/c27-18-7-8-24-20(14-18)22(16-32(24)13-5-12-31-10-2-1-3-11-31)26-30-23(17-33-26)21-15-29-25-19(21)6-4-9-28-25/h4,6-9,14-17H,1-3,5,10-13H2,(H,28,29). The number of likely N-dealkylation sites (tertiary alicyclic amines) is 1. The van der Waals surface area contributed by atoms with Crippen molar-refractivity contribution in [2.24, 2.45) is 0 Å². The molecule has 1 N–H and O–H groups in total. The van der Waals surface area contributed by atoms with E-state index in [-0.39, 0.29) is 5.82 Å². The highest BCUT2D eigenvalue weighted by Gasteiger charge is 2.17. The monoisotopic (exact) mass is 459 g/mol. The van der Waals surface area contributed by atoms with Crippen LogP contribution in [0.15, 0.2) is 54.3 Å². The predicted octanol–water partition coefficient (Wildman–Crippen LogP) is 6.32. The van der Waals surface area contributed by atoms with Crippen LogP contribution in [0.2, 0.25) is 0 Å². The summed E-state index contributed by atoms with van der Waals surface area (Å²) in [5.41, 5.74) is 4.87. The van der Waals surface area contributed by atoms with Gasteiger partial charge >= 0.3 is 0 Å². The van der Waals surface area contributed by atoms with Crippen LogP contribution in [-0.4, -0.2) is 44.1 Å². The first-order chi connectivity index (χ1) is 16.3. The number of nitrogens with one attached hydrogen (secondary N) is 1. The molecule has 1 fully saturated rings. The smallest absolute Gasteiger partial charge is 0.137 e. The van der Waals surface area contributed by atoms with Gasteiger partial charge in [0.15, 0.2) is 0 Å². The molecular weight excluding hydrogens is 433 g/mol. The number of H-pyrrole nitrogens is 1. The van der Waals surface area contributed by atoms with Crippen molar-refractivity contribution in [2.45, 2.75) is 32.2 Å². The van der Waals surface area contributed by atoms with E-state index in [2.05, 4.69) is 37.1 Å². The molecular formula is C26H26FN5S. The largest absolute Gasteiger partial charge is 0.347 e. The van der Waals surface area contributed by atoms with Crippen LogP contribution in [0.3, 0.4) is 0 Å². The number of pyridine rings is 1. The van der Waals surface area contributed by atoms with Gasteiger partial charge < -0.3 is 14.5 Å². The highest BCUT2D eigenvalue weighted by atomic mass is 32.1. The minimum absolute atomic E-state index is 0.214. The van der Waals surface area contributed by atoms with Crippen LogP contribution in [0.1, 0.15) is 25.7 Å². The number of hydrogen-bond acceptors (Lipinski definition) is 4. The zero-order valence-corrected chi connectivity index (χ0v) is 19.2. The lowest BCUT2D eigenvalue weighted by atomic mass is 10.1. The van der Waals surface area contributed by atoms with Gasteiger partial charge in [0.1, 0.15) is 16.5 Å². The number of thiazole rings is 1. The lowest BCUT2D eigenvalue weighted by Crippen LogP contribution is -2.31. The molecule has 0 amide bonds. The Morgan fingerprint density at radius 1 is 1.03 bits per heavy atom. The number of aryl methyl sites for hydroxylation is 1. The zero-order valence-electron chi connectivity index (χ0n) is 18.4. The molecule has 1 aliphatic heterocycles. The Morgan fingerprint density at radius 2 is 1.94 bits per heavy atom. The zero-order chi connectivity index (χ0) is 22.2. The molecule has 1 aliphatic rings. The summed E-state index contributed by atoms with van der Waals surface area (Å²) in [6.45, 7) is 4.47. The van der Waals surface area contributed by atoms with Crippen molar-refractivity contribution in [3.05, 3.63) is 60.1 Å². The molecule has 5 aromatic rings. The Labute approximate surface area is 195 Å². The average Bonchev–Trinajstić information content (AvgIpc) is 3.56. The topological polar surface area (TPSA) is 49.7 Å². The fourth-order valence-electron chi connectivity index (χ4n) is 4.96. The third kappa shape index (κ3) is 3.96. The van der Waals surface area contributed by atoms with Gasteiger partial charge in [0.2, 0.25) is 0 Å². The number of halogens is 1. The maximum atomic E-state index is 14.2.